The zero-order valence-electron chi connectivity index (χ0n) is 23.2. The second-order valence-corrected chi connectivity index (χ2v) is 9.63. The minimum Gasteiger partial charge on any atom is -0.462 e. The summed E-state index contributed by atoms with van der Waals surface area (Å²) < 4.78 is 27.6. The highest BCUT2D eigenvalue weighted by Gasteiger charge is 2.37. The van der Waals surface area contributed by atoms with E-state index in [0.29, 0.717) is 12.8 Å². The van der Waals surface area contributed by atoms with Crippen LogP contribution in [0.3, 0.4) is 0 Å². The Bertz CT molecular complexity index is 765. The Balaban J connectivity index is 5.76. The van der Waals surface area contributed by atoms with Crippen molar-refractivity contribution in [2.75, 3.05) is 39.6 Å². The molecular weight excluding hydrogens is 480 g/mol. The van der Waals surface area contributed by atoms with Crippen LogP contribution in [0.15, 0.2) is 48.6 Å². The largest absolute Gasteiger partial charge is 0.462 e. The fraction of sp³-hybridized carbons (Fsp3) is 0.571. The van der Waals surface area contributed by atoms with Crippen molar-refractivity contribution in [1.29, 1.82) is 0 Å². The third-order valence-corrected chi connectivity index (χ3v) is 5.75. The van der Waals surface area contributed by atoms with E-state index in [9.17, 15) is 19.2 Å². The van der Waals surface area contributed by atoms with Crippen LogP contribution in [0.25, 0.3) is 0 Å². The lowest BCUT2D eigenvalue weighted by molar-refractivity contribution is -0.158. The molecule has 9 heteroatoms. The van der Waals surface area contributed by atoms with Crippen LogP contribution >= 0.6 is 0 Å². The number of rotatable bonds is 18. The van der Waals surface area contributed by atoms with Gasteiger partial charge in [-0.3, -0.25) is 0 Å². The lowest BCUT2D eigenvalue weighted by Gasteiger charge is -2.35. The normalized spacial score (nSPS) is 11.2. The second-order valence-electron chi connectivity index (χ2n) is 9.63. The lowest BCUT2D eigenvalue weighted by atomic mass is 9.86. The molecule has 37 heavy (non-hydrogen) atoms. The SMILES string of the molecule is C=C(C)C(=O)OCC(CC)(COCC(CC)(COC(=O)C(=C)C)COC(=O)C(=C)C)COC(=O)C(=C)C. The molecule has 9 nitrogen and oxygen atoms in total. The van der Waals surface area contributed by atoms with Crippen LogP contribution in [-0.2, 0) is 42.9 Å². The topological polar surface area (TPSA) is 114 Å². The maximum absolute atomic E-state index is 12.0. The van der Waals surface area contributed by atoms with Crippen LogP contribution in [0.5, 0.6) is 0 Å². The average Bonchev–Trinajstić information content (AvgIpc) is 2.85. The molecule has 0 aromatic heterocycles. The first-order valence-corrected chi connectivity index (χ1v) is 12.0. The molecule has 0 spiro atoms. The fourth-order valence-corrected chi connectivity index (χ4v) is 2.71. The van der Waals surface area contributed by atoms with Crippen molar-refractivity contribution >= 4 is 23.9 Å². The quantitative estimate of drug-likeness (QED) is 0.148. The minimum atomic E-state index is -0.877. The molecule has 0 aliphatic rings. The Kier molecular flexibility index (Phi) is 14.4. The molecule has 0 fully saturated rings. The van der Waals surface area contributed by atoms with Crippen molar-refractivity contribution < 1.29 is 42.9 Å². The van der Waals surface area contributed by atoms with Crippen LogP contribution < -0.4 is 0 Å². The molecule has 0 bridgehead atoms. The molecular formula is C28H42O9. The number of carbonyl (C=O) groups is 4. The van der Waals surface area contributed by atoms with Crippen molar-refractivity contribution in [2.45, 2.75) is 54.4 Å². The number of esters is 4. The average molecular weight is 523 g/mol. The van der Waals surface area contributed by atoms with E-state index in [1.165, 1.54) is 27.7 Å². The highest BCUT2D eigenvalue weighted by atomic mass is 16.6. The van der Waals surface area contributed by atoms with Crippen molar-refractivity contribution in [3.63, 3.8) is 0 Å². The van der Waals surface area contributed by atoms with Gasteiger partial charge in [-0.1, -0.05) is 40.2 Å². The van der Waals surface area contributed by atoms with Crippen molar-refractivity contribution in [3.8, 4) is 0 Å². The number of carbonyl (C=O) groups excluding carboxylic acids is 4. The van der Waals surface area contributed by atoms with Gasteiger partial charge in [0.2, 0.25) is 0 Å². The fourth-order valence-electron chi connectivity index (χ4n) is 2.71. The summed E-state index contributed by atoms with van der Waals surface area (Å²) in [4.78, 5) is 48.2. The monoisotopic (exact) mass is 522 g/mol. The molecule has 0 aliphatic carbocycles. The van der Waals surface area contributed by atoms with Gasteiger partial charge in [0.25, 0.3) is 0 Å². The number of ether oxygens (including phenoxy) is 5. The smallest absolute Gasteiger partial charge is 0.333 e. The van der Waals surface area contributed by atoms with E-state index in [1.54, 1.807) is 0 Å². The molecule has 0 aliphatic heterocycles. The molecule has 208 valence electrons. The zero-order chi connectivity index (χ0) is 28.8. The predicted octanol–water partition coefficient (Wildman–Crippen LogP) is 4.27. The van der Waals surface area contributed by atoms with Crippen LogP contribution in [0.4, 0.5) is 0 Å². The summed E-state index contributed by atoms with van der Waals surface area (Å²) in [5.74, 6) is -2.31. The highest BCUT2D eigenvalue weighted by Crippen LogP contribution is 2.29. The van der Waals surface area contributed by atoms with E-state index >= 15 is 0 Å². The third-order valence-electron chi connectivity index (χ3n) is 5.75. The molecule has 0 saturated carbocycles. The van der Waals surface area contributed by atoms with Crippen molar-refractivity contribution in [2.24, 2.45) is 10.8 Å². The van der Waals surface area contributed by atoms with E-state index < -0.39 is 34.7 Å². The van der Waals surface area contributed by atoms with Gasteiger partial charge in [0.15, 0.2) is 0 Å². The predicted molar refractivity (Wildman–Crippen MR) is 139 cm³/mol. The van der Waals surface area contributed by atoms with Crippen molar-refractivity contribution in [3.05, 3.63) is 48.6 Å². The van der Waals surface area contributed by atoms with Gasteiger partial charge in [-0.05, 0) is 40.5 Å². The summed E-state index contributed by atoms with van der Waals surface area (Å²) in [6.07, 6.45) is 0.878. The van der Waals surface area contributed by atoms with E-state index in [2.05, 4.69) is 26.3 Å². The summed E-state index contributed by atoms with van der Waals surface area (Å²) in [7, 11) is 0. The van der Waals surface area contributed by atoms with Gasteiger partial charge in [-0.15, -0.1) is 0 Å². The van der Waals surface area contributed by atoms with Gasteiger partial charge in [0, 0.05) is 22.3 Å². The van der Waals surface area contributed by atoms with Gasteiger partial charge in [0.05, 0.1) is 24.0 Å². The van der Waals surface area contributed by atoms with Gasteiger partial charge in [-0.2, -0.15) is 0 Å². The van der Waals surface area contributed by atoms with Gasteiger partial charge in [-0.25, -0.2) is 19.2 Å². The van der Waals surface area contributed by atoms with Crippen molar-refractivity contribution in [1.82, 2.24) is 0 Å². The van der Waals surface area contributed by atoms with Crippen LogP contribution in [0, 0.1) is 10.8 Å². The molecule has 0 rings (SSSR count). The Morgan fingerprint density at radius 2 is 0.703 bits per heavy atom. The Labute approximate surface area is 220 Å². The maximum Gasteiger partial charge on any atom is 0.333 e. The Morgan fingerprint density at radius 1 is 0.486 bits per heavy atom. The first kappa shape index (κ1) is 33.8. The molecule has 0 heterocycles. The van der Waals surface area contributed by atoms with E-state index in [1.807, 2.05) is 13.8 Å². The van der Waals surface area contributed by atoms with Crippen LogP contribution in [0.2, 0.25) is 0 Å². The molecule has 0 aromatic carbocycles. The summed E-state index contributed by atoms with van der Waals surface area (Å²) in [5.41, 5.74) is -0.833. The van der Waals surface area contributed by atoms with Gasteiger partial charge >= 0.3 is 23.9 Å². The first-order valence-electron chi connectivity index (χ1n) is 12.0. The van der Waals surface area contributed by atoms with E-state index in [0.717, 1.165) is 0 Å². The second kappa shape index (κ2) is 15.8. The lowest BCUT2D eigenvalue weighted by Crippen LogP contribution is -2.42. The molecule has 0 unspecified atom stereocenters. The maximum atomic E-state index is 12.0. The Hall–Kier alpha value is -3.20. The van der Waals surface area contributed by atoms with Gasteiger partial charge in [0.1, 0.15) is 26.4 Å². The standard InChI is InChI=1S/C28H42O9/c1-11-27(15-34-23(29)19(3)4,16-35-24(30)20(5)6)13-33-14-28(12-2,17-36-25(31)21(7)8)18-37-26(32)22(9)10/h3,5,7,9,11-18H2,1-2,4,6,8,10H3. The zero-order valence-corrected chi connectivity index (χ0v) is 23.2. The molecule has 0 radical (unpaired) electrons. The summed E-state index contributed by atoms with van der Waals surface area (Å²) in [5, 5.41) is 0. The van der Waals surface area contributed by atoms with Crippen LogP contribution in [-0.4, -0.2) is 63.5 Å². The molecule has 0 atom stereocenters. The summed E-state index contributed by atoms with van der Waals surface area (Å²) in [6, 6.07) is 0. The summed E-state index contributed by atoms with van der Waals surface area (Å²) in [6.45, 7) is 23.8. The minimum absolute atomic E-state index is 0.0288. The summed E-state index contributed by atoms with van der Waals surface area (Å²) >= 11 is 0. The van der Waals surface area contributed by atoms with E-state index in [4.69, 9.17) is 23.7 Å². The highest BCUT2D eigenvalue weighted by molar-refractivity contribution is 5.88. The number of hydrogen-bond donors (Lipinski definition) is 0. The van der Waals surface area contributed by atoms with Crippen LogP contribution in [0.1, 0.15) is 54.4 Å². The van der Waals surface area contributed by atoms with E-state index in [-0.39, 0.29) is 61.9 Å². The van der Waals surface area contributed by atoms with Gasteiger partial charge < -0.3 is 23.7 Å². The Morgan fingerprint density at radius 3 is 0.865 bits per heavy atom. The molecule has 0 amide bonds. The molecule has 0 N–H and O–H groups in total. The first-order chi connectivity index (χ1) is 17.1. The molecule has 0 aromatic rings. The number of hydrogen-bond acceptors (Lipinski definition) is 9. The third kappa shape index (κ3) is 12.1. The molecule has 0 saturated heterocycles.